The predicted octanol–water partition coefficient (Wildman–Crippen LogP) is 1.54. The van der Waals surface area contributed by atoms with E-state index in [0.29, 0.717) is 0 Å². The lowest BCUT2D eigenvalue weighted by atomic mass is 9.90. The molecule has 0 fully saturated rings. The molecule has 0 aliphatic carbocycles. The molecule has 0 atom stereocenters. The number of hydrogen-bond acceptors (Lipinski definition) is 3. The van der Waals surface area contributed by atoms with Gasteiger partial charge in [0, 0.05) is 5.41 Å². The van der Waals surface area contributed by atoms with Crippen LogP contribution in [0.15, 0.2) is 0 Å². The van der Waals surface area contributed by atoms with E-state index in [0.717, 1.165) is 4.68 Å². The van der Waals surface area contributed by atoms with Crippen molar-refractivity contribution in [2.75, 3.05) is 0 Å². The number of carboxylic acid groups (broad SMARTS) is 1. The fourth-order valence-electron chi connectivity index (χ4n) is 1.46. The largest absolute Gasteiger partial charge is 0.476 e. The summed E-state index contributed by atoms with van der Waals surface area (Å²) in [4.78, 5) is 10.9. The number of nitrogens with zero attached hydrogens (tertiary/aromatic N) is 3. The summed E-state index contributed by atoms with van der Waals surface area (Å²) in [5.41, 5.74) is -0.667. The van der Waals surface area contributed by atoms with Gasteiger partial charge in [-0.3, -0.25) is 0 Å². The molecule has 0 amide bonds. The second kappa shape index (κ2) is 4.15. The number of halogens is 2. The number of hydrogen-bond donors (Lipinski definition) is 1. The van der Waals surface area contributed by atoms with Gasteiger partial charge >= 0.3 is 5.97 Å². The molecule has 5 nitrogen and oxygen atoms in total. The lowest BCUT2D eigenvalue weighted by Crippen LogP contribution is -2.23. The van der Waals surface area contributed by atoms with E-state index in [4.69, 9.17) is 5.11 Å². The highest BCUT2D eigenvalue weighted by Crippen LogP contribution is 2.25. The summed E-state index contributed by atoms with van der Waals surface area (Å²) in [5, 5.41) is 15.7. The Bertz CT molecular complexity index is 396. The van der Waals surface area contributed by atoms with Crippen molar-refractivity contribution in [2.24, 2.45) is 0 Å². The van der Waals surface area contributed by atoms with Crippen LogP contribution in [-0.4, -0.2) is 32.5 Å². The van der Waals surface area contributed by atoms with Crippen molar-refractivity contribution in [1.29, 1.82) is 0 Å². The summed E-state index contributed by atoms with van der Waals surface area (Å²) in [6.07, 6.45) is -2.59. The Morgan fingerprint density at radius 3 is 2.44 bits per heavy atom. The van der Waals surface area contributed by atoms with Gasteiger partial charge in [0.2, 0.25) is 0 Å². The first kappa shape index (κ1) is 12.5. The van der Waals surface area contributed by atoms with Gasteiger partial charge in [-0.2, -0.15) is 0 Å². The van der Waals surface area contributed by atoms with E-state index in [-0.39, 0.29) is 11.4 Å². The van der Waals surface area contributed by atoms with Crippen LogP contribution in [0.2, 0.25) is 0 Å². The molecule has 0 radical (unpaired) electrons. The lowest BCUT2D eigenvalue weighted by molar-refractivity contribution is 0.0686. The van der Waals surface area contributed by atoms with E-state index in [1.165, 1.54) is 0 Å². The Balaban J connectivity index is 3.25. The molecule has 0 spiro atoms. The predicted molar refractivity (Wildman–Crippen MR) is 51.7 cm³/mol. The third-order valence-electron chi connectivity index (χ3n) is 1.96. The van der Waals surface area contributed by atoms with Gasteiger partial charge in [0.25, 0.3) is 6.43 Å². The molecule has 7 heteroatoms. The van der Waals surface area contributed by atoms with Gasteiger partial charge in [-0.1, -0.05) is 26.0 Å². The zero-order valence-corrected chi connectivity index (χ0v) is 9.24. The fraction of sp³-hybridized carbons (Fsp3) is 0.667. The van der Waals surface area contributed by atoms with E-state index in [1.807, 2.05) is 0 Å². The summed E-state index contributed by atoms with van der Waals surface area (Å²) in [7, 11) is 0. The number of aromatic nitrogens is 3. The van der Waals surface area contributed by atoms with Gasteiger partial charge in [-0.15, -0.1) is 5.10 Å². The molecular formula is C9H13F2N3O2. The minimum absolute atomic E-state index is 0.209. The third kappa shape index (κ3) is 2.53. The van der Waals surface area contributed by atoms with Crippen molar-refractivity contribution < 1.29 is 18.7 Å². The van der Waals surface area contributed by atoms with Crippen molar-refractivity contribution in [3.8, 4) is 0 Å². The van der Waals surface area contributed by atoms with Crippen LogP contribution < -0.4 is 0 Å². The average Bonchev–Trinajstić information content (AvgIpc) is 2.45. The molecule has 0 saturated heterocycles. The van der Waals surface area contributed by atoms with Gasteiger partial charge in [0.05, 0.1) is 5.69 Å². The van der Waals surface area contributed by atoms with Crippen LogP contribution >= 0.6 is 0 Å². The van der Waals surface area contributed by atoms with Crippen molar-refractivity contribution >= 4 is 5.97 Å². The second-order valence-electron chi connectivity index (χ2n) is 4.42. The van der Waals surface area contributed by atoms with Crippen molar-refractivity contribution in [3.05, 3.63) is 11.4 Å². The Kier molecular flexibility index (Phi) is 3.25. The Morgan fingerprint density at radius 2 is 2.06 bits per heavy atom. The third-order valence-corrected chi connectivity index (χ3v) is 1.96. The molecule has 1 aromatic rings. The van der Waals surface area contributed by atoms with E-state index in [1.54, 1.807) is 20.8 Å². The molecule has 16 heavy (non-hydrogen) atoms. The number of carbonyl (C=O) groups is 1. The van der Waals surface area contributed by atoms with Gasteiger partial charge in [0.1, 0.15) is 6.54 Å². The molecule has 0 aliphatic rings. The van der Waals surface area contributed by atoms with Gasteiger partial charge < -0.3 is 5.11 Å². The Morgan fingerprint density at radius 1 is 1.50 bits per heavy atom. The molecule has 1 N–H and O–H groups in total. The number of rotatable bonds is 3. The summed E-state index contributed by atoms with van der Waals surface area (Å²) in [5.74, 6) is -1.26. The standard InChI is InChI=1S/C9H13F2N3O2/c1-9(2,3)7-6(8(15)16)12-13-14(7)4-5(10)11/h5H,4H2,1-3H3,(H,15,16). The van der Waals surface area contributed by atoms with Crippen LogP contribution in [0.1, 0.15) is 37.0 Å². The van der Waals surface area contributed by atoms with Crippen LogP contribution in [0.4, 0.5) is 8.78 Å². The maximum atomic E-state index is 12.3. The number of alkyl halides is 2. The zero-order valence-electron chi connectivity index (χ0n) is 9.24. The fourth-order valence-corrected chi connectivity index (χ4v) is 1.46. The number of aromatic carboxylic acids is 1. The molecule has 0 bridgehead atoms. The smallest absolute Gasteiger partial charge is 0.358 e. The number of carboxylic acids is 1. The minimum atomic E-state index is -2.59. The first-order chi connectivity index (χ1) is 7.23. The maximum Gasteiger partial charge on any atom is 0.358 e. The minimum Gasteiger partial charge on any atom is -0.476 e. The first-order valence-electron chi connectivity index (χ1n) is 4.69. The quantitative estimate of drug-likeness (QED) is 0.859. The second-order valence-corrected chi connectivity index (χ2v) is 4.42. The highest BCUT2D eigenvalue weighted by molar-refractivity contribution is 5.86. The van der Waals surface area contributed by atoms with Crippen LogP contribution in [0.3, 0.4) is 0 Å². The molecule has 0 aromatic carbocycles. The Labute approximate surface area is 91.1 Å². The normalized spacial score (nSPS) is 12.1. The summed E-state index contributed by atoms with van der Waals surface area (Å²) < 4.78 is 25.5. The van der Waals surface area contributed by atoms with Crippen LogP contribution in [0, 0.1) is 0 Å². The van der Waals surface area contributed by atoms with E-state index >= 15 is 0 Å². The van der Waals surface area contributed by atoms with E-state index in [2.05, 4.69) is 10.3 Å². The molecule has 1 aromatic heterocycles. The van der Waals surface area contributed by atoms with Crippen molar-refractivity contribution in [2.45, 2.75) is 39.2 Å². The van der Waals surface area contributed by atoms with Crippen LogP contribution in [0.5, 0.6) is 0 Å². The molecular weight excluding hydrogens is 220 g/mol. The SMILES string of the molecule is CC(C)(C)c1c(C(=O)O)nnn1CC(F)F. The van der Waals surface area contributed by atoms with Crippen LogP contribution in [0.25, 0.3) is 0 Å². The molecule has 0 unspecified atom stereocenters. The van der Waals surface area contributed by atoms with Gasteiger partial charge in [-0.25, -0.2) is 18.3 Å². The summed E-state index contributed by atoms with van der Waals surface area (Å²) in [6, 6.07) is 0. The zero-order chi connectivity index (χ0) is 12.5. The molecule has 90 valence electrons. The summed E-state index contributed by atoms with van der Waals surface area (Å²) >= 11 is 0. The van der Waals surface area contributed by atoms with Crippen molar-refractivity contribution in [1.82, 2.24) is 15.0 Å². The topological polar surface area (TPSA) is 68.0 Å². The monoisotopic (exact) mass is 233 g/mol. The van der Waals surface area contributed by atoms with E-state index < -0.39 is 24.4 Å². The molecule has 1 rings (SSSR count). The molecule has 0 saturated carbocycles. The Hall–Kier alpha value is -1.53. The molecule has 1 heterocycles. The highest BCUT2D eigenvalue weighted by atomic mass is 19.3. The van der Waals surface area contributed by atoms with Gasteiger partial charge in [-0.05, 0) is 0 Å². The average molecular weight is 233 g/mol. The molecule has 0 aliphatic heterocycles. The lowest BCUT2D eigenvalue weighted by Gasteiger charge is -2.20. The van der Waals surface area contributed by atoms with Gasteiger partial charge in [0.15, 0.2) is 5.69 Å². The van der Waals surface area contributed by atoms with Crippen LogP contribution in [-0.2, 0) is 12.0 Å². The van der Waals surface area contributed by atoms with Crippen molar-refractivity contribution in [3.63, 3.8) is 0 Å². The van der Waals surface area contributed by atoms with E-state index in [9.17, 15) is 13.6 Å². The highest BCUT2D eigenvalue weighted by Gasteiger charge is 2.29. The maximum absolute atomic E-state index is 12.3. The first-order valence-corrected chi connectivity index (χ1v) is 4.69. The summed E-state index contributed by atoms with van der Waals surface area (Å²) in [6.45, 7) is 4.52.